The third kappa shape index (κ3) is 6.00. The second kappa shape index (κ2) is 8.19. The largest absolute Gasteiger partial charge is 0.399 e. The summed E-state index contributed by atoms with van der Waals surface area (Å²) in [6, 6.07) is 2.71. The van der Waals surface area contributed by atoms with Crippen LogP contribution in [0.4, 0.5) is 5.69 Å². The van der Waals surface area contributed by atoms with Crippen molar-refractivity contribution < 1.29 is 13.2 Å². The molecular formula is C13H20Cl2N2O3S. The van der Waals surface area contributed by atoms with Gasteiger partial charge >= 0.3 is 0 Å². The van der Waals surface area contributed by atoms with Gasteiger partial charge in [0.05, 0.1) is 10.0 Å². The van der Waals surface area contributed by atoms with E-state index in [1.165, 1.54) is 12.1 Å². The van der Waals surface area contributed by atoms with E-state index in [1.807, 2.05) is 13.8 Å². The average molecular weight is 355 g/mol. The molecule has 0 aliphatic rings. The molecule has 0 fully saturated rings. The van der Waals surface area contributed by atoms with Gasteiger partial charge in [0.15, 0.2) is 0 Å². The summed E-state index contributed by atoms with van der Waals surface area (Å²) in [5, 5.41) is 0.00659. The highest BCUT2D eigenvalue weighted by Gasteiger charge is 2.21. The van der Waals surface area contributed by atoms with Crippen LogP contribution in [0.5, 0.6) is 0 Å². The Bertz CT molecular complexity index is 554. The molecular weight excluding hydrogens is 335 g/mol. The van der Waals surface area contributed by atoms with Crippen LogP contribution in [0.3, 0.4) is 0 Å². The van der Waals surface area contributed by atoms with Crippen LogP contribution in [0.1, 0.15) is 20.3 Å². The number of benzene rings is 1. The minimum Gasteiger partial charge on any atom is -0.399 e. The van der Waals surface area contributed by atoms with Crippen LogP contribution in [0.2, 0.25) is 10.0 Å². The predicted octanol–water partition coefficient (Wildman–Crippen LogP) is 2.92. The fourth-order valence-corrected chi connectivity index (χ4v) is 3.91. The number of hydrogen-bond donors (Lipinski definition) is 2. The molecule has 0 heterocycles. The maximum absolute atomic E-state index is 12.2. The van der Waals surface area contributed by atoms with Crippen molar-refractivity contribution in [2.24, 2.45) is 5.92 Å². The summed E-state index contributed by atoms with van der Waals surface area (Å²) in [7, 11) is -3.77. The summed E-state index contributed by atoms with van der Waals surface area (Å²) in [4.78, 5) is -0.150. The Balaban J connectivity index is 2.59. The lowest BCUT2D eigenvalue weighted by Crippen LogP contribution is -2.26. The molecule has 0 saturated carbocycles. The van der Waals surface area contributed by atoms with Gasteiger partial charge in [-0.2, -0.15) is 0 Å². The van der Waals surface area contributed by atoms with Crippen molar-refractivity contribution in [1.82, 2.24) is 4.72 Å². The maximum Gasteiger partial charge on any atom is 0.243 e. The third-order valence-corrected chi connectivity index (χ3v) is 4.88. The van der Waals surface area contributed by atoms with E-state index in [4.69, 9.17) is 33.7 Å². The van der Waals surface area contributed by atoms with Crippen molar-refractivity contribution in [3.63, 3.8) is 0 Å². The zero-order valence-electron chi connectivity index (χ0n) is 12.0. The van der Waals surface area contributed by atoms with Crippen LogP contribution in [-0.4, -0.2) is 28.2 Å². The minimum absolute atomic E-state index is 0.00329. The predicted molar refractivity (Wildman–Crippen MR) is 86.3 cm³/mol. The fourth-order valence-electron chi connectivity index (χ4n) is 1.61. The standard InChI is InChI=1S/C13H20Cl2N2O3S/c1-9(2)8-20-5-3-4-17-21(18,19)13-11(14)6-10(16)7-12(13)15/h6-7,9,17H,3-5,8,16H2,1-2H3. The second-order valence-electron chi connectivity index (χ2n) is 5.03. The molecule has 1 rings (SSSR count). The molecule has 0 unspecified atom stereocenters. The van der Waals surface area contributed by atoms with Crippen LogP contribution in [0.15, 0.2) is 17.0 Å². The molecule has 0 atom stereocenters. The number of hydrogen-bond acceptors (Lipinski definition) is 4. The van der Waals surface area contributed by atoms with E-state index < -0.39 is 10.0 Å². The van der Waals surface area contributed by atoms with E-state index >= 15 is 0 Å². The lowest BCUT2D eigenvalue weighted by molar-refractivity contribution is 0.108. The number of anilines is 1. The summed E-state index contributed by atoms with van der Waals surface area (Å²) in [5.74, 6) is 0.453. The molecule has 1 aromatic carbocycles. The first kappa shape index (κ1) is 18.5. The fraction of sp³-hybridized carbons (Fsp3) is 0.538. The molecule has 0 aromatic heterocycles. The van der Waals surface area contributed by atoms with Gasteiger partial charge in [-0.15, -0.1) is 0 Å². The molecule has 8 heteroatoms. The first-order valence-electron chi connectivity index (χ1n) is 6.56. The summed E-state index contributed by atoms with van der Waals surface area (Å²) in [5.41, 5.74) is 5.86. The maximum atomic E-state index is 12.2. The Hall–Kier alpha value is -0.530. The first-order chi connectivity index (χ1) is 9.74. The van der Waals surface area contributed by atoms with Gasteiger partial charge < -0.3 is 10.5 Å². The smallest absolute Gasteiger partial charge is 0.243 e. The Morgan fingerprint density at radius 2 is 1.86 bits per heavy atom. The number of halogens is 2. The molecule has 0 aliphatic carbocycles. The van der Waals surface area contributed by atoms with Crippen molar-refractivity contribution in [3.05, 3.63) is 22.2 Å². The van der Waals surface area contributed by atoms with Crippen molar-refractivity contribution in [1.29, 1.82) is 0 Å². The van der Waals surface area contributed by atoms with E-state index in [9.17, 15) is 8.42 Å². The van der Waals surface area contributed by atoms with E-state index in [2.05, 4.69) is 4.72 Å². The normalized spacial score (nSPS) is 12.0. The van der Waals surface area contributed by atoms with Gasteiger partial charge in [-0.1, -0.05) is 37.0 Å². The molecule has 1 aromatic rings. The second-order valence-corrected chi connectivity index (χ2v) is 7.55. The monoisotopic (exact) mass is 354 g/mol. The van der Waals surface area contributed by atoms with E-state index in [0.717, 1.165) is 0 Å². The molecule has 21 heavy (non-hydrogen) atoms. The number of nitrogens with one attached hydrogen (secondary N) is 1. The number of sulfonamides is 1. The van der Waals surface area contributed by atoms with Crippen molar-refractivity contribution >= 4 is 38.9 Å². The van der Waals surface area contributed by atoms with Crippen molar-refractivity contribution in [2.75, 3.05) is 25.5 Å². The minimum atomic E-state index is -3.77. The summed E-state index contributed by atoms with van der Waals surface area (Å²) in [6.45, 7) is 5.49. The Kier molecular flexibility index (Phi) is 7.23. The van der Waals surface area contributed by atoms with Crippen LogP contribution in [0.25, 0.3) is 0 Å². The van der Waals surface area contributed by atoms with E-state index in [1.54, 1.807) is 0 Å². The average Bonchev–Trinajstić information content (AvgIpc) is 2.31. The molecule has 0 spiro atoms. The Morgan fingerprint density at radius 1 is 1.29 bits per heavy atom. The highest BCUT2D eigenvalue weighted by molar-refractivity contribution is 7.89. The molecule has 0 aliphatic heterocycles. The van der Waals surface area contributed by atoms with Crippen molar-refractivity contribution in [3.8, 4) is 0 Å². The molecule has 0 amide bonds. The van der Waals surface area contributed by atoms with Gasteiger partial charge in [0.2, 0.25) is 10.0 Å². The van der Waals surface area contributed by atoms with Gasteiger partial charge in [-0.3, -0.25) is 0 Å². The van der Waals surface area contributed by atoms with Crippen LogP contribution in [-0.2, 0) is 14.8 Å². The van der Waals surface area contributed by atoms with Crippen LogP contribution < -0.4 is 10.5 Å². The van der Waals surface area contributed by atoms with E-state index in [0.29, 0.717) is 31.2 Å². The zero-order chi connectivity index (χ0) is 16.0. The molecule has 0 saturated heterocycles. The highest BCUT2D eigenvalue weighted by Crippen LogP contribution is 2.31. The Labute approximate surface area is 135 Å². The first-order valence-corrected chi connectivity index (χ1v) is 8.80. The number of ether oxygens (including phenoxy) is 1. The highest BCUT2D eigenvalue weighted by atomic mass is 35.5. The van der Waals surface area contributed by atoms with Gasteiger partial charge in [0.25, 0.3) is 0 Å². The number of nitrogens with two attached hydrogens (primary N) is 1. The topological polar surface area (TPSA) is 81.4 Å². The van der Waals surface area contributed by atoms with Gasteiger partial charge in [-0.05, 0) is 24.5 Å². The summed E-state index contributed by atoms with van der Waals surface area (Å²) in [6.07, 6.45) is 0.566. The molecule has 5 nitrogen and oxygen atoms in total. The molecule has 120 valence electrons. The lowest BCUT2D eigenvalue weighted by Gasteiger charge is -2.11. The van der Waals surface area contributed by atoms with Crippen molar-refractivity contribution in [2.45, 2.75) is 25.2 Å². The quantitative estimate of drug-likeness (QED) is 0.555. The number of nitrogen functional groups attached to an aromatic ring is 1. The number of rotatable bonds is 8. The van der Waals surface area contributed by atoms with Crippen LogP contribution in [0, 0.1) is 5.92 Å². The van der Waals surface area contributed by atoms with Gasteiger partial charge in [-0.25, -0.2) is 13.1 Å². The third-order valence-electron chi connectivity index (χ3n) is 2.50. The molecule has 3 N–H and O–H groups in total. The summed E-state index contributed by atoms with van der Waals surface area (Å²) >= 11 is 11.8. The Morgan fingerprint density at radius 3 is 2.38 bits per heavy atom. The van der Waals surface area contributed by atoms with Gasteiger partial charge in [0, 0.05) is 25.4 Å². The van der Waals surface area contributed by atoms with Gasteiger partial charge in [0.1, 0.15) is 4.90 Å². The van der Waals surface area contributed by atoms with E-state index in [-0.39, 0.29) is 21.5 Å². The van der Waals surface area contributed by atoms with Crippen LogP contribution >= 0.6 is 23.2 Å². The SMILES string of the molecule is CC(C)COCCCNS(=O)(=O)c1c(Cl)cc(N)cc1Cl. The zero-order valence-corrected chi connectivity index (χ0v) is 14.4. The summed E-state index contributed by atoms with van der Waals surface area (Å²) < 4.78 is 32.2. The molecule has 0 radical (unpaired) electrons. The lowest BCUT2D eigenvalue weighted by atomic mass is 10.2. The molecule has 0 bridgehead atoms.